The molecule has 37 heavy (non-hydrogen) atoms. The van der Waals surface area contributed by atoms with Crippen molar-refractivity contribution < 1.29 is 32.2 Å². The molecule has 0 spiro atoms. The molecule has 0 aliphatic rings. The van der Waals surface area contributed by atoms with E-state index in [1.807, 2.05) is 43.5 Å². The van der Waals surface area contributed by atoms with Gasteiger partial charge in [0.15, 0.2) is 11.5 Å². The van der Waals surface area contributed by atoms with Crippen LogP contribution in [0.2, 0.25) is 0 Å². The summed E-state index contributed by atoms with van der Waals surface area (Å²) in [6.45, 7) is 4.52. The van der Waals surface area contributed by atoms with Gasteiger partial charge in [0, 0.05) is 5.69 Å². The van der Waals surface area contributed by atoms with Crippen LogP contribution in [0, 0.1) is 6.92 Å². The van der Waals surface area contributed by atoms with Crippen molar-refractivity contribution in [3.8, 4) is 11.5 Å². The first kappa shape index (κ1) is 27.7. The molecule has 0 radical (unpaired) electrons. The lowest BCUT2D eigenvalue weighted by atomic mass is 10.2. The Morgan fingerprint density at radius 3 is 2.43 bits per heavy atom. The number of nitrogens with one attached hydrogen (secondary N) is 2. The van der Waals surface area contributed by atoms with Gasteiger partial charge in [0.2, 0.25) is 0 Å². The van der Waals surface area contributed by atoms with E-state index in [2.05, 4.69) is 26.3 Å². The highest BCUT2D eigenvalue weighted by molar-refractivity contribution is 9.10. The van der Waals surface area contributed by atoms with E-state index in [0.29, 0.717) is 34.7 Å². The van der Waals surface area contributed by atoms with Gasteiger partial charge < -0.3 is 14.8 Å². The number of rotatable bonds is 8. The Balaban J connectivity index is 1.64. The molecule has 0 saturated heterocycles. The highest BCUT2D eigenvalue weighted by Gasteiger charge is 2.30. The minimum Gasteiger partial charge on any atom is -0.490 e. The number of amides is 2. The number of hydrogen-bond donors (Lipinski definition) is 2. The SMILES string of the molecule is CCOc1cc(/C=N/NC(=O)C(=O)Nc2cccc(C(F)(F)F)c2)cc(Br)c1OCc1ccc(C)cc1. The van der Waals surface area contributed by atoms with Gasteiger partial charge in [-0.05, 0) is 71.2 Å². The van der Waals surface area contributed by atoms with Crippen molar-refractivity contribution in [2.45, 2.75) is 26.6 Å². The number of hydrogen-bond acceptors (Lipinski definition) is 5. The summed E-state index contributed by atoms with van der Waals surface area (Å²) in [5.41, 5.74) is 3.56. The quantitative estimate of drug-likeness (QED) is 0.200. The van der Waals surface area contributed by atoms with Gasteiger partial charge in [-0.3, -0.25) is 9.59 Å². The van der Waals surface area contributed by atoms with Gasteiger partial charge in [0.1, 0.15) is 6.61 Å². The van der Waals surface area contributed by atoms with Crippen molar-refractivity contribution in [2.24, 2.45) is 5.10 Å². The maximum atomic E-state index is 12.8. The number of alkyl halides is 3. The Hall–Kier alpha value is -3.86. The van der Waals surface area contributed by atoms with E-state index in [1.54, 1.807) is 12.1 Å². The van der Waals surface area contributed by atoms with Crippen molar-refractivity contribution in [1.82, 2.24) is 5.43 Å². The molecule has 0 bridgehead atoms. The topological polar surface area (TPSA) is 89.0 Å². The Kier molecular flexibility index (Phi) is 9.29. The Bertz CT molecular complexity index is 1300. The average molecular weight is 578 g/mol. The summed E-state index contributed by atoms with van der Waals surface area (Å²) in [6.07, 6.45) is -3.30. The zero-order valence-electron chi connectivity index (χ0n) is 19.9. The number of anilines is 1. The van der Waals surface area contributed by atoms with Gasteiger partial charge in [-0.25, -0.2) is 5.43 Å². The average Bonchev–Trinajstić information content (AvgIpc) is 2.84. The van der Waals surface area contributed by atoms with Crippen molar-refractivity contribution >= 4 is 39.6 Å². The van der Waals surface area contributed by atoms with Crippen molar-refractivity contribution in [3.63, 3.8) is 0 Å². The molecule has 0 unspecified atom stereocenters. The van der Waals surface area contributed by atoms with E-state index >= 15 is 0 Å². The lowest BCUT2D eigenvalue weighted by Crippen LogP contribution is -2.32. The van der Waals surface area contributed by atoms with Crippen LogP contribution in [0.1, 0.15) is 29.2 Å². The second-order valence-corrected chi connectivity index (χ2v) is 8.62. The molecule has 0 aliphatic heterocycles. The van der Waals surface area contributed by atoms with Crippen LogP contribution >= 0.6 is 15.9 Å². The summed E-state index contributed by atoms with van der Waals surface area (Å²) in [5, 5.41) is 5.86. The van der Waals surface area contributed by atoms with Crippen LogP contribution in [0.4, 0.5) is 18.9 Å². The molecule has 3 aromatic rings. The third-order valence-electron chi connectivity index (χ3n) is 4.87. The maximum absolute atomic E-state index is 12.8. The number of carbonyl (C=O) groups excluding carboxylic acids is 2. The first-order valence-corrected chi connectivity index (χ1v) is 11.8. The molecule has 0 aliphatic carbocycles. The molecule has 3 rings (SSSR count). The first-order chi connectivity index (χ1) is 17.6. The molecule has 11 heteroatoms. The van der Waals surface area contributed by atoms with Crippen LogP contribution in [0.25, 0.3) is 0 Å². The van der Waals surface area contributed by atoms with Crippen LogP contribution in [-0.4, -0.2) is 24.6 Å². The fourth-order valence-corrected chi connectivity index (χ4v) is 3.66. The Morgan fingerprint density at radius 2 is 1.76 bits per heavy atom. The molecule has 2 amide bonds. The van der Waals surface area contributed by atoms with E-state index in [-0.39, 0.29) is 5.69 Å². The number of aryl methyl sites for hydroxylation is 1. The Labute approximate surface area is 219 Å². The fraction of sp³-hybridized carbons (Fsp3) is 0.192. The number of nitrogens with zero attached hydrogens (tertiary/aromatic N) is 1. The van der Waals surface area contributed by atoms with Crippen LogP contribution in [0.15, 0.2) is 70.2 Å². The fourth-order valence-electron chi connectivity index (χ4n) is 3.08. The predicted molar refractivity (Wildman–Crippen MR) is 137 cm³/mol. The van der Waals surface area contributed by atoms with Gasteiger partial charge >= 0.3 is 18.0 Å². The Morgan fingerprint density at radius 1 is 1.03 bits per heavy atom. The monoisotopic (exact) mass is 577 g/mol. The molecule has 7 nitrogen and oxygen atoms in total. The van der Waals surface area contributed by atoms with E-state index in [9.17, 15) is 22.8 Å². The van der Waals surface area contributed by atoms with Crippen LogP contribution in [-0.2, 0) is 22.4 Å². The normalized spacial score (nSPS) is 11.3. The van der Waals surface area contributed by atoms with Gasteiger partial charge in [-0.2, -0.15) is 18.3 Å². The predicted octanol–water partition coefficient (Wildman–Crippen LogP) is 5.84. The highest BCUT2D eigenvalue weighted by Crippen LogP contribution is 2.37. The number of hydrazone groups is 1. The molecule has 194 valence electrons. The summed E-state index contributed by atoms with van der Waals surface area (Å²) >= 11 is 3.46. The van der Waals surface area contributed by atoms with Crippen LogP contribution < -0.4 is 20.2 Å². The van der Waals surface area contributed by atoms with Gasteiger partial charge in [0.05, 0.1) is 22.9 Å². The molecule has 3 aromatic carbocycles. The highest BCUT2D eigenvalue weighted by atomic mass is 79.9. The first-order valence-electron chi connectivity index (χ1n) is 11.0. The summed E-state index contributed by atoms with van der Waals surface area (Å²) in [5.74, 6) is -1.40. The van der Waals surface area contributed by atoms with Crippen molar-refractivity contribution in [1.29, 1.82) is 0 Å². The largest absolute Gasteiger partial charge is 0.490 e. The maximum Gasteiger partial charge on any atom is 0.416 e. The minimum atomic E-state index is -4.58. The number of ether oxygens (including phenoxy) is 2. The second kappa shape index (κ2) is 12.4. The van der Waals surface area contributed by atoms with Gasteiger partial charge in [0.25, 0.3) is 0 Å². The van der Waals surface area contributed by atoms with Crippen LogP contribution in [0.3, 0.4) is 0 Å². The number of halogens is 4. The van der Waals surface area contributed by atoms with E-state index in [4.69, 9.17) is 9.47 Å². The summed E-state index contributed by atoms with van der Waals surface area (Å²) < 4.78 is 50.7. The summed E-state index contributed by atoms with van der Waals surface area (Å²) in [7, 11) is 0. The van der Waals surface area contributed by atoms with Gasteiger partial charge in [-0.1, -0.05) is 35.9 Å². The third-order valence-corrected chi connectivity index (χ3v) is 5.46. The van der Waals surface area contributed by atoms with Crippen molar-refractivity contribution in [2.75, 3.05) is 11.9 Å². The number of benzene rings is 3. The molecule has 0 aromatic heterocycles. The van der Waals surface area contributed by atoms with Crippen LogP contribution in [0.5, 0.6) is 11.5 Å². The second-order valence-electron chi connectivity index (χ2n) is 7.77. The smallest absolute Gasteiger partial charge is 0.416 e. The zero-order valence-corrected chi connectivity index (χ0v) is 21.4. The van der Waals surface area contributed by atoms with Crippen molar-refractivity contribution in [3.05, 3.63) is 87.4 Å². The molecule has 2 N–H and O–H groups in total. The molecular weight excluding hydrogens is 555 g/mol. The number of carbonyl (C=O) groups is 2. The molecule has 0 fully saturated rings. The van der Waals surface area contributed by atoms with E-state index in [1.165, 1.54) is 12.3 Å². The molecule has 0 heterocycles. The third kappa shape index (κ3) is 8.07. The van der Waals surface area contributed by atoms with E-state index in [0.717, 1.165) is 29.3 Å². The lowest BCUT2D eigenvalue weighted by Gasteiger charge is -2.15. The van der Waals surface area contributed by atoms with E-state index < -0.39 is 23.6 Å². The lowest BCUT2D eigenvalue weighted by molar-refractivity contribution is -0.137. The zero-order chi connectivity index (χ0) is 27.0. The minimum absolute atomic E-state index is 0.175. The summed E-state index contributed by atoms with van der Waals surface area (Å²) in [6, 6.07) is 15.2. The standard InChI is InChI=1S/C26H23BrF3N3O4/c1-3-36-22-12-18(11-21(27)23(22)37-15-17-9-7-16(2)8-10-17)14-31-33-25(35)24(34)32-20-6-4-5-19(13-20)26(28,29)30/h4-14H,3,15H2,1-2H3,(H,32,34)(H,33,35)/b31-14+. The van der Waals surface area contributed by atoms with Gasteiger partial charge in [-0.15, -0.1) is 0 Å². The molecule has 0 saturated carbocycles. The summed E-state index contributed by atoms with van der Waals surface area (Å²) in [4.78, 5) is 24.1. The molecule has 0 atom stereocenters. The molecular formula is C26H23BrF3N3O4.